The molecule has 0 bridgehead atoms. The first-order valence-electron chi connectivity index (χ1n) is 9.94. The maximum absolute atomic E-state index is 4.91. The molecule has 6 heteroatoms. The molecule has 1 N–H and O–H groups in total. The number of nitrogens with one attached hydrogen (secondary N) is 1. The van der Waals surface area contributed by atoms with Gasteiger partial charge in [-0.15, -0.1) is 24.0 Å². The van der Waals surface area contributed by atoms with E-state index in [9.17, 15) is 0 Å². The first-order valence-corrected chi connectivity index (χ1v) is 9.94. The minimum atomic E-state index is 0. The van der Waals surface area contributed by atoms with Crippen molar-refractivity contribution in [2.45, 2.75) is 27.3 Å². The van der Waals surface area contributed by atoms with E-state index in [1.807, 2.05) is 0 Å². The number of likely N-dealkylation sites (N-methyl/N-ethyl adjacent to an activating group) is 1. The van der Waals surface area contributed by atoms with Crippen LogP contribution in [0.1, 0.15) is 25.0 Å². The maximum Gasteiger partial charge on any atom is 0.193 e. The normalized spacial score (nSPS) is 17.3. The van der Waals surface area contributed by atoms with Crippen molar-refractivity contribution in [3.8, 4) is 0 Å². The van der Waals surface area contributed by atoms with Crippen LogP contribution < -0.4 is 5.32 Å². The second-order valence-electron chi connectivity index (χ2n) is 7.69. The van der Waals surface area contributed by atoms with Crippen LogP contribution in [0.2, 0.25) is 0 Å². The van der Waals surface area contributed by atoms with E-state index in [2.05, 4.69) is 79.1 Å². The molecule has 27 heavy (non-hydrogen) atoms. The Bertz CT molecular complexity index is 569. The van der Waals surface area contributed by atoms with Gasteiger partial charge in [-0.3, -0.25) is 4.99 Å². The van der Waals surface area contributed by atoms with E-state index in [1.165, 1.54) is 37.3 Å². The largest absolute Gasteiger partial charge is 0.357 e. The van der Waals surface area contributed by atoms with Gasteiger partial charge in [-0.1, -0.05) is 31.2 Å². The minimum absolute atomic E-state index is 0. The summed E-state index contributed by atoms with van der Waals surface area (Å²) in [6.45, 7) is 15.1. The van der Waals surface area contributed by atoms with E-state index in [0.717, 1.165) is 32.1 Å². The van der Waals surface area contributed by atoms with Crippen molar-refractivity contribution in [1.82, 2.24) is 20.0 Å². The van der Waals surface area contributed by atoms with Crippen LogP contribution in [0.15, 0.2) is 29.3 Å². The van der Waals surface area contributed by atoms with Gasteiger partial charge >= 0.3 is 0 Å². The van der Waals surface area contributed by atoms with E-state index in [0.29, 0.717) is 5.92 Å². The van der Waals surface area contributed by atoms with Crippen LogP contribution in [0, 0.1) is 12.8 Å². The van der Waals surface area contributed by atoms with Gasteiger partial charge in [0.1, 0.15) is 0 Å². The summed E-state index contributed by atoms with van der Waals surface area (Å²) in [6.07, 6.45) is 0. The average molecular weight is 487 g/mol. The monoisotopic (exact) mass is 487 g/mol. The Kier molecular flexibility index (Phi) is 11.3. The van der Waals surface area contributed by atoms with E-state index >= 15 is 0 Å². The zero-order valence-electron chi connectivity index (χ0n) is 17.7. The second-order valence-corrected chi connectivity index (χ2v) is 7.69. The van der Waals surface area contributed by atoms with Gasteiger partial charge in [-0.25, -0.2) is 0 Å². The lowest BCUT2D eigenvalue weighted by Gasteiger charge is -2.33. The highest BCUT2D eigenvalue weighted by molar-refractivity contribution is 14.0. The molecule has 1 aliphatic rings. The van der Waals surface area contributed by atoms with E-state index in [1.54, 1.807) is 0 Å². The molecule has 0 aromatic heterocycles. The van der Waals surface area contributed by atoms with Gasteiger partial charge < -0.3 is 20.0 Å². The third-order valence-corrected chi connectivity index (χ3v) is 5.08. The van der Waals surface area contributed by atoms with Gasteiger partial charge in [-0.05, 0) is 37.9 Å². The molecule has 1 fully saturated rings. The summed E-state index contributed by atoms with van der Waals surface area (Å²) in [7, 11) is 4.33. The van der Waals surface area contributed by atoms with Crippen molar-refractivity contribution in [2.75, 3.05) is 59.9 Å². The number of aliphatic imine (C=N–C) groups is 1. The van der Waals surface area contributed by atoms with Gasteiger partial charge in [0.25, 0.3) is 0 Å². The highest BCUT2D eigenvalue weighted by Crippen LogP contribution is 2.10. The van der Waals surface area contributed by atoms with Crippen molar-refractivity contribution in [2.24, 2.45) is 10.9 Å². The van der Waals surface area contributed by atoms with Gasteiger partial charge in [0.2, 0.25) is 0 Å². The third-order valence-electron chi connectivity index (χ3n) is 5.08. The number of aryl methyl sites for hydroxylation is 1. The van der Waals surface area contributed by atoms with E-state index in [4.69, 9.17) is 4.99 Å². The molecule has 2 rings (SSSR count). The Morgan fingerprint density at radius 2 is 1.89 bits per heavy atom. The highest BCUT2D eigenvalue weighted by atomic mass is 127. The number of nitrogens with zero attached hydrogens (tertiary/aromatic N) is 4. The molecule has 5 nitrogen and oxygen atoms in total. The molecular weight excluding hydrogens is 449 g/mol. The minimum Gasteiger partial charge on any atom is -0.357 e. The van der Waals surface area contributed by atoms with E-state index in [-0.39, 0.29) is 24.0 Å². The molecule has 1 saturated heterocycles. The molecule has 0 radical (unpaired) electrons. The fourth-order valence-corrected chi connectivity index (χ4v) is 3.36. The molecule has 0 amide bonds. The van der Waals surface area contributed by atoms with Gasteiger partial charge in [-0.2, -0.15) is 0 Å². The van der Waals surface area contributed by atoms with Crippen LogP contribution in [-0.4, -0.2) is 80.6 Å². The molecule has 0 saturated carbocycles. The highest BCUT2D eigenvalue weighted by Gasteiger charge is 2.16. The lowest BCUT2D eigenvalue weighted by atomic mass is 10.1. The summed E-state index contributed by atoms with van der Waals surface area (Å²) in [4.78, 5) is 12.1. The summed E-state index contributed by atoms with van der Waals surface area (Å²) in [6, 6.07) is 8.58. The van der Waals surface area contributed by atoms with Crippen LogP contribution in [0.5, 0.6) is 0 Å². The van der Waals surface area contributed by atoms with Gasteiger partial charge in [0, 0.05) is 59.4 Å². The fraction of sp³-hybridized carbons (Fsp3) is 0.667. The first kappa shape index (κ1) is 24.2. The van der Waals surface area contributed by atoms with Crippen molar-refractivity contribution in [1.29, 1.82) is 0 Å². The fourth-order valence-electron chi connectivity index (χ4n) is 3.36. The molecule has 0 aliphatic carbocycles. The van der Waals surface area contributed by atoms with Crippen LogP contribution in [0.3, 0.4) is 0 Å². The number of guanidine groups is 1. The molecule has 154 valence electrons. The number of halogens is 1. The lowest BCUT2D eigenvalue weighted by Crippen LogP contribution is -2.46. The SMILES string of the molecule is CCNC(=NCC(C)CN1CCN(C)CC1)N(C)Cc1ccccc1C.I. The van der Waals surface area contributed by atoms with Crippen LogP contribution in [-0.2, 0) is 6.54 Å². The summed E-state index contributed by atoms with van der Waals surface area (Å²) in [5.41, 5.74) is 2.68. The standard InChI is InChI=1S/C21H37N5.HI/c1-6-22-21(25(5)17-20-10-8-7-9-19(20)3)23-15-18(2)16-26-13-11-24(4)12-14-26;/h7-10,18H,6,11-17H2,1-5H3,(H,22,23);1H. The molecule has 1 atom stereocenters. The quantitative estimate of drug-likeness (QED) is 0.365. The molecular formula is C21H38IN5. The summed E-state index contributed by atoms with van der Waals surface area (Å²) in [5.74, 6) is 1.57. The Morgan fingerprint density at radius 1 is 1.22 bits per heavy atom. The van der Waals surface area contributed by atoms with Crippen molar-refractivity contribution in [3.05, 3.63) is 35.4 Å². The Balaban J connectivity index is 0.00000364. The Hall–Kier alpha value is -0.860. The summed E-state index contributed by atoms with van der Waals surface area (Å²) < 4.78 is 0. The molecule has 1 aromatic carbocycles. The van der Waals surface area contributed by atoms with Crippen LogP contribution >= 0.6 is 24.0 Å². The number of benzene rings is 1. The number of rotatable bonds is 7. The average Bonchev–Trinajstić information content (AvgIpc) is 2.62. The van der Waals surface area contributed by atoms with Gasteiger partial charge in [0.05, 0.1) is 0 Å². The van der Waals surface area contributed by atoms with Crippen molar-refractivity contribution < 1.29 is 0 Å². The van der Waals surface area contributed by atoms with E-state index < -0.39 is 0 Å². The van der Waals surface area contributed by atoms with Crippen LogP contribution in [0.4, 0.5) is 0 Å². The van der Waals surface area contributed by atoms with Crippen molar-refractivity contribution in [3.63, 3.8) is 0 Å². The smallest absolute Gasteiger partial charge is 0.193 e. The Morgan fingerprint density at radius 3 is 2.52 bits per heavy atom. The second kappa shape index (κ2) is 12.6. The number of piperazine rings is 1. The zero-order chi connectivity index (χ0) is 18.9. The van der Waals surface area contributed by atoms with Gasteiger partial charge in [0.15, 0.2) is 5.96 Å². The molecule has 0 spiro atoms. The zero-order valence-corrected chi connectivity index (χ0v) is 20.1. The Labute approximate surface area is 183 Å². The number of hydrogen-bond donors (Lipinski definition) is 1. The van der Waals surface area contributed by atoms with Crippen LogP contribution in [0.25, 0.3) is 0 Å². The predicted molar refractivity (Wildman–Crippen MR) is 127 cm³/mol. The molecule has 1 unspecified atom stereocenters. The summed E-state index contributed by atoms with van der Waals surface area (Å²) >= 11 is 0. The molecule has 1 aliphatic heterocycles. The molecule has 1 heterocycles. The molecule has 1 aromatic rings. The lowest BCUT2D eigenvalue weighted by molar-refractivity contribution is 0.140. The third kappa shape index (κ3) is 8.35. The predicted octanol–water partition coefficient (Wildman–Crippen LogP) is 2.89. The number of hydrogen-bond acceptors (Lipinski definition) is 3. The topological polar surface area (TPSA) is 34.1 Å². The summed E-state index contributed by atoms with van der Waals surface area (Å²) in [5, 5.41) is 3.44. The maximum atomic E-state index is 4.91. The van der Waals surface area contributed by atoms with Crippen molar-refractivity contribution >= 4 is 29.9 Å². The first-order chi connectivity index (χ1) is 12.5.